The fraction of sp³-hybridized carbons (Fsp3) is 0.174. The lowest BCUT2D eigenvalue weighted by Crippen LogP contribution is -2.25. The van der Waals surface area contributed by atoms with Crippen LogP contribution in [0, 0.1) is 0 Å². The Hall–Kier alpha value is -3.71. The third kappa shape index (κ3) is 4.47. The summed E-state index contributed by atoms with van der Waals surface area (Å²) in [5, 5.41) is 0.423. The number of nitrogens with zero attached hydrogens (tertiary/aromatic N) is 2. The lowest BCUT2D eigenvalue weighted by molar-refractivity contribution is 0.0601. The number of furan rings is 1. The van der Waals surface area contributed by atoms with Crippen LogP contribution in [0.4, 0.5) is 0 Å². The highest BCUT2D eigenvalue weighted by Gasteiger charge is 2.14. The molecule has 0 aliphatic rings. The largest absolute Gasteiger partial charge is 0.468 e. The van der Waals surface area contributed by atoms with Crippen LogP contribution < -0.4 is 5.56 Å². The average Bonchev–Trinajstić information content (AvgIpc) is 3.26. The minimum atomic E-state index is -0.468. The topological polar surface area (TPSA) is 88.4 Å². The first-order chi connectivity index (χ1) is 14.6. The first kappa shape index (κ1) is 19.6. The molecule has 7 nitrogen and oxygen atoms in total. The van der Waals surface area contributed by atoms with Gasteiger partial charge in [-0.2, -0.15) is 0 Å². The smallest absolute Gasteiger partial charge is 0.337 e. The molecule has 152 valence electrons. The van der Waals surface area contributed by atoms with Gasteiger partial charge in [-0.05, 0) is 35.9 Å². The molecule has 0 spiro atoms. The van der Waals surface area contributed by atoms with Crippen molar-refractivity contribution in [1.82, 2.24) is 14.9 Å². The maximum atomic E-state index is 12.6. The van der Waals surface area contributed by atoms with Gasteiger partial charge in [0, 0.05) is 6.54 Å². The fourth-order valence-electron chi connectivity index (χ4n) is 3.35. The number of rotatable bonds is 7. The van der Waals surface area contributed by atoms with Crippen LogP contribution in [0.3, 0.4) is 0 Å². The number of aromatic amines is 1. The number of benzene rings is 2. The molecule has 7 heteroatoms. The van der Waals surface area contributed by atoms with Gasteiger partial charge < -0.3 is 14.1 Å². The number of ether oxygens (including phenoxy) is 1. The van der Waals surface area contributed by atoms with Crippen LogP contribution in [-0.2, 0) is 24.4 Å². The van der Waals surface area contributed by atoms with E-state index in [9.17, 15) is 9.59 Å². The van der Waals surface area contributed by atoms with E-state index in [2.05, 4.69) is 14.9 Å². The quantitative estimate of drug-likeness (QED) is 0.475. The standard InChI is InChI=1S/C23H21N3O4/c1-29-23(28)17-9-10-19-20(12-17)24-21(25-22(19)27)15-26(14-18-8-5-11-30-18)13-16-6-3-2-4-7-16/h2-12H,13-15H2,1H3,(H,24,25,27). The van der Waals surface area contributed by atoms with Crippen LogP contribution >= 0.6 is 0 Å². The second kappa shape index (κ2) is 8.75. The Morgan fingerprint density at radius 1 is 1.07 bits per heavy atom. The van der Waals surface area contributed by atoms with Gasteiger partial charge in [0.1, 0.15) is 11.6 Å². The molecule has 2 heterocycles. The van der Waals surface area contributed by atoms with Crippen LogP contribution in [0.2, 0.25) is 0 Å². The van der Waals surface area contributed by atoms with Crippen molar-refractivity contribution in [1.29, 1.82) is 0 Å². The highest BCUT2D eigenvalue weighted by atomic mass is 16.5. The van der Waals surface area contributed by atoms with Crippen LogP contribution in [0.15, 0.2) is 76.1 Å². The molecule has 0 unspecified atom stereocenters. The lowest BCUT2D eigenvalue weighted by Gasteiger charge is -2.21. The summed E-state index contributed by atoms with van der Waals surface area (Å²) in [7, 11) is 1.32. The van der Waals surface area contributed by atoms with Crippen molar-refractivity contribution >= 4 is 16.9 Å². The molecule has 0 saturated carbocycles. The molecule has 1 N–H and O–H groups in total. The predicted molar refractivity (Wildman–Crippen MR) is 112 cm³/mol. The summed E-state index contributed by atoms with van der Waals surface area (Å²) < 4.78 is 10.3. The van der Waals surface area contributed by atoms with Crippen molar-refractivity contribution in [3.8, 4) is 0 Å². The molecule has 0 amide bonds. The van der Waals surface area contributed by atoms with Gasteiger partial charge in [-0.15, -0.1) is 0 Å². The zero-order valence-corrected chi connectivity index (χ0v) is 16.5. The molecule has 2 aromatic carbocycles. The molecule has 0 saturated heterocycles. The summed E-state index contributed by atoms with van der Waals surface area (Å²) in [4.78, 5) is 34.0. The molecule has 0 atom stereocenters. The van der Waals surface area contributed by atoms with Gasteiger partial charge in [0.15, 0.2) is 0 Å². The zero-order chi connectivity index (χ0) is 20.9. The highest BCUT2D eigenvalue weighted by molar-refractivity contribution is 5.93. The van der Waals surface area contributed by atoms with Crippen LogP contribution in [-0.4, -0.2) is 27.9 Å². The van der Waals surface area contributed by atoms with Gasteiger partial charge in [-0.3, -0.25) is 9.69 Å². The Bertz CT molecular complexity index is 1200. The number of hydrogen-bond acceptors (Lipinski definition) is 6. The molecule has 4 rings (SSSR count). The number of aromatic nitrogens is 2. The van der Waals surface area contributed by atoms with E-state index in [1.165, 1.54) is 7.11 Å². The molecule has 0 radical (unpaired) electrons. The van der Waals surface area contributed by atoms with Crippen LogP contribution in [0.5, 0.6) is 0 Å². The van der Waals surface area contributed by atoms with E-state index in [0.29, 0.717) is 41.9 Å². The summed E-state index contributed by atoms with van der Waals surface area (Å²) in [5.41, 5.74) is 1.70. The number of fused-ring (bicyclic) bond motifs is 1. The van der Waals surface area contributed by atoms with Gasteiger partial charge >= 0.3 is 5.97 Å². The second-order valence-electron chi connectivity index (χ2n) is 6.95. The molecule has 0 fully saturated rings. The Balaban J connectivity index is 1.65. The third-order valence-corrected chi connectivity index (χ3v) is 4.76. The van der Waals surface area contributed by atoms with E-state index >= 15 is 0 Å². The van der Waals surface area contributed by atoms with Crippen molar-refractivity contribution in [2.75, 3.05) is 7.11 Å². The van der Waals surface area contributed by atoms with Gasteiger partial charge in [0.25, 0.3) is 5.56 Å². The number of esters is 1. The molecule has 2 aromatic heterocycles. The van der Waals surface area contributed by atoms with Crippen molar-refractivity contribution < 1.29 is 13.9 Å². The molecule has 30 heavy (non-hydrogen) atoms. The second-order valence-corrected chi connectivity index (χ2v) is 6.95. The van der Waals surface area contributed by atoms with Crippen LogP contribution in [0.25, 0.3) is 10.9 Å². The fourth-order valence-corrected chi connectivity index (χ4v) is 3.35. The Morgan fingerprint density at radius 2 is 1.90 bits per heavy atom. The van der Waals surface area contributed by atoms with E-state index < -0.39 is 5.97 Å². The molecule has 0 aliphatic heterocycles. The maximum absolute atomic E-state index is 12.6. The SMILES string of the molecule is COC(=O)c1ccc2c(=O)[nH]c(CN(Cc3ccccc3)Cc3ccco3)nc2c1. The average molecular weight is 403 g/mol. The van der Waals surface area contributed by atoms with Gasteiger partial charge in [-0.25, -0.2) is 9.78 Å². The number of hydrogen-bond donors (Lipinski definition) is 1. The van der Waals surface area contributed by atoms with E-state index in [0.717, 1.165) is 11.3 Å². The van der Waals surface area contributed by atoms with E-state index in [1.807, 2.05) is 42.5 Å². The number of H-pyrrole nitrogens is 1. The number of carbonyl (C=O) groups excluding carboxylic acids is 1. The summed E-state index contributed by atoms with van der Waals surface area (Å²) >= 11 is 0. The number of nitrogens with one attached hydrogen (secondary N) is 1. The first-order valence-corrected chi connectivity index (χ1v) is 9.52. The van der Waals surface area contributed by atoms with Gasteiger partial charge in [0.2, 0.25) is 0 Å². The van der Waals surface area contributed by atoms with E-state index in [-0.39, 0.29) is 5.56 Å². The predicted octanol–water partition coefficient (Wildman–Crippen LogP) is 3.51. The number of methoxy groups -OCH3 is 1. The monoisotopic (exact) mass is 403 g/mol. The summed E-state index contributed by atoms with van der Waals surface area (Å²) in [6.07, 6.45) is 1.64. The molecule has 0 aliphatic carbocycles. The van der Waals surface area contributed by atoms with Crippen molar-refractivity contribution in [2.45, 2.75) is 19.6 Å². The minimum Gasteiger partial charge on any atom is -0.468 e. The maximum Gasteiger partial charge on any atom is 0.337 e. The van der Waals surface area contributed by atoms with E-state index in [1.54, 1.807) is 24.5 Å². The van der Waals surface area contributed by atoms with Crippen LogP contribution in [0.1, 0.15) is 27.5 Å². The van der Waals surface area contributed by atoms with Gasteiger partial charge in [-0.1, -0.05) is 30.3 Å². The molecular weight excluding hydrogens is 382 g/mol. The summed E-state index contributed by atoms with van der Waals surface area (Å²) in [6, 6.07) is 18.5. The summed E-state index contributed by atoms with van der Waals surface area (Å²) in [5.74, 6) is 0.864. The lowest BCUT2D eigenvalue weighted by atomic mass is 10.1. The Labute approximate surface area is 172 Å². The highest BCUT2D eigenvalue weighted by Crippen LogP contribution is 2.15. The Morgan fingerprint density at radius 3 is 2.63 bits per heavy atom. The van der Waals surface area contributed by atoms with Crippen molar-refractivity contribution in [2.24, 2.45) is 0 Å². The third-order valence-electron chi connectivity index (χ3n) is 4.76. The number of carbonyl (C=O) groups is 1. The summed E-state index contributed by atoms with van der Waals surface area (Å²) in [6.45, 7) is 1.63. The molecule has 4 aromatic rings. The van der Waals surface area contributed by atoms with E-state index in [4.69, 9.17) is 9.15 Å². The normalized spacial score (nSPS) is 11.1. The zero-order valence-electron chi connectivity index (χ0n) is 16.5. The van der Waals surface area contributed by atoms with Gasteiger partial charge in [0.05, 0.1) is 42.9 Å². The minimum absolute atomic E-state index is 0.246. The Kier molecular flexibility index (Phi) is 5.72. The van der Waals surface area contributed by atoms with Crippen molar-refractivity contribution in [3.05, 3.63) is 100.0 Å². The molecule has 0 bridgehead atoms. The van der Waals surface area contributed by atoms with Crippen molar-refractivity contribution in [3.63, 3.8) is 0 Å². The first-order valence-electron chi connectivity index (χ1n) is 9.52. The molecular formula is C23H21N3O4.